The number of nitrogens with two attached hydrogens (primary N) is 1. The lowest BCUT2D eigenvalue weighted by Crippen LogP contribution is -2.31. The summed E-state index contributed by atoms with van der Waals surface area (Å²) in [6.45, 7) is 1.95. The first kappa shape index (κ1) is 19.3. The second-order valence-corrected chi connectivity index (χ2v) is 6.79. The van der Waals surface area contributed by atoms with Crippen molar-refractivity contribution < 1.29 is 8.42 Å². The molecule has 0 saturated carbocycles. The maximum atomic E-state index is 12.1. The molecule has 0 saturated heterocycles. The van der Waals surface area contributed by atoms with Gasteiger partial charge in [0.1, 0.15) is 10.5 Å². The second-order valence-electron chi connectivity index (χ2n) is 5.02. The van der Waals surface area contributed by atoms with Crippen LogP contribution in [0.1, 0.15) is 13.3 Å². The van der Waals surface area contributed by atoms with Crippen LogP contribution in [-0.4, -0.2) is 35.5 Å². The molecule has 0 bridgehead atoms. The Morgan fingerprint density at radius 2 is 2.09 bits per heavy atom. The number of sulfonamides is 1. The third kappa shape index (κ3) is 4.16. The van der Waals surface area contributed by atoms with Crippen molar-refractivity contribution >= 4 is 33.5 Å². The fourth-order valence-electron chi connectivity index (χ4n) is 1.87. The Kier molecular flexibility index (Phi) is 6.05. The maximum absolute atomic E-state index is 12.1. The van der Waals surface area contributed by atoms with Crippen molar-refractivity contribution in [3.63, 3.8) is 0 Å². The molecule has 0 spiro atoms. The Bertz CT molecular complexity index is 919. The van der Waals surface area contributed by atoms with Crippen molar-refractivity contribution in [3.05, 3.63) is 33.1 Å². The van der Waals surface area contributed by atoms with E-state index in [1.807, 2.05) is 0 Å². The zero-order valence-electron chi connectivity index (χ0n) is 12.6. The smallest absolute Gasteiger partial charge is 0.328 e. The predicted molar refractivity (Wildman–Crippen MR) is 88.3 cm³/mol. The molecule has 9 nitrogen and oxygen atoms in total. The number of pyridine rings is 1. The Morgan fingerprint density at radius 3 is 2.70 bits per heavy atom. The zero-order valence-corrected chi connectivity index (χ0v) is 14.2. The van der Waals surface area contributed by atoms with Crippen molar-refractivity contribution in [2.75, 3.05) is 6.54 Å². The molecule has 1 atom stereocenters. The first-order valence-corrected chi connectivity index (χ1v) is 8.05. The average Bonchev–Trinajstić information content (AvgIpc) is 2.43. The van der Waals surface area contributed by atoms with Crippen LogP contribution < -0.4 is 21.7 Å². The van der Waals surface area contributed by atoms with Crippen LogP contribution in [-0.2, 0) is 17.1 Å². The van der Waals surface area contributed by atoms with Crippen molar-refractivity contribution in [2.24, 2.45) is 12.8 Å². The lowest BCUT2D eigenvalue weighted by molar-refractivity contribution is 0.571. The highest BCUT2D eigenvalue weighted by molar-refractivity contribution is 7.89. The molecule has 0 aliphatic rings. The van der Waals surface area contributed by atoms with Gasteiger partial charge in [0.25, 0.3) is 5.56 Å². The third-order valence-corrected chi connectivity index (χ3v) is 4.56. The molecular formula is C12H18ClN5O4S. The van der Waals surface area contributed by atoms with Crippen LogP contribution in [0.4, 0.5) is 0 Å². The van der Waals surface area contributed by atoms with E-state index in [0.29, 0.717) is 6.42 Å². The van der Waals surface area contributed by atoms with Gasteiger partial charge in [-0.25, -0.2) is 22.9 Å². The largest absolute Gasteiger partial charge is 0.329 e. The predicted octanol–water partition coefficient (Wildman–Crippen LogP) is -0.941. The quantitative estimate of drug-likeness (QED) is 0.626. The Morgan fingerprint density at radius 1 is 1.43 bits per heavy atom. The minimum Gasteiger partial charge on any atom is -0.328 e. The Hall–Kier alpha value is -1.75. The molecule has 0 fully saturated rings. The van der Waals surface area contributed by atoms with Crippen molar-refractivity contribution in [1.82, 2.24) is 19.3 Å². The highest BCUT2D eigenvalue weighted by atomic mass is 35.5. The van der Waals surface area contributed by atoms with Gasteiger partial charge in [0.2, 0.25) is 10.0 Å². The summed E-state index contributed by atoms with van der Waals surface area (Å²) < 4.78 is 27.8. The van der Waals surface area contributed by atoms with E-state index < -0.39 is 21.3 Å². The monoisotopic (exact) mass is 363 g/mol. The minimum absolute atomic E-state index is 0. The number of aromatic nitrogens is 3. The van der Waals surface area contributed by atoms with Gasteiger partial charge in [-0.05, 0) is 19.4 Å². The van der Waals surface area contributed by atoms with E-state index in [1.54, 1.807) is 6.92 Å². The van der Waals surface area contributed by atoms with Crippen LogP contribution in [0.15, 0.2) is 26.7 Å². The number of aromatic amines is 1. The van der Waals surface area contributed by atoms with Gasteiger partial charge in [-0.3, -0.25) is 14.3 Å². The lowest BCUT2D eigenvalue weighted by atomic mass is 10.3. The number of nitrogens with one attached hydrogen (secondary N) is 2. The summed E-state index contributed by atoms with van der Waals surface area (Å²) in [6, 6.07) is 1.06. The molecular weight excluding hydrogens is 346 g/mol. The van der Waals surface area contributed by atoms with Gasteiger partial charge in [0.15, 0.2) is 0 Å². The third-order valence-electron chi connectivity index (χ3n) is 3.13. The van der Waals surface area contributed by atoms with Gasteiger partial charge in [-0.1, -0.05) is 0 Å². The van der Waals surface area contributed by atoms with Crippen molar-refractivity contribution in [3.8, 4) is 0 Å². The lowest BCUT2D eigenvalue weighted by Gasteiger charge is -2.09. The zero-order chi connectivity index (χ0) is 16.5. The summed E-state index contributed by atoms with van der Waals surface area (Å²) >= 11 is 0. The van der Waals surface area contributed by atoms with Crippen LogP contribution in [0, 0.1) is 0 Å². The Balaban J connectivity index is 0.00000264. The summed E-state index contributed by atoms with van der Waals surface area (Å²) in [7, 11) is -2.36. The number of hydrogen-bond acceptors (Lipinski definition) is 6. The van der Waals surface area contributed by atoms with E-state index in [9.17, 15) is 18.0 Å². The van der Waals surface area contributed by atoms with Crippen LogP contribution in [0.3, 0.4) is 0 Å². The average molecular weight is 364 g/mol. The standard InChI is InChI=1S/C12H17N5O4S.ClH/c1-7(13)3-4-15-22(20,21)8-5-9-10(14-6-8)17(2)12(19)16-11(9)18;/h5-7,15H,3-4,13H2,1-2H3,(H,16,18,19);1H. The van der Waals surface area contributed by atoms with Crippen molar-refractivity contribution in [2.45, 2.75) is 24.3 Å². The molecule has 11 heteroatoms. The molecule has 2 aromatic rings. The van der Waals surface area contributed by atoms with Gasteiger partial charge in [0, 0.05) is 25.8 Å². The van der Waals surface area contributed by atoms with Gasteiger partial charge in [0.05, 0.1) is 5.39 Å². The van der Waals surface area contributed by atoms with Crippen molar-refractivity contribution in [1.29, 1.82) is 0 Å². The number of hydrogen-bond donors (Lipinski definition) is 3. The number of rotatable bonds is 5. The molecule has 128 valence electrons. The molecule has 2 rings (SSSR count). The van der Waals surface area contributed by atoms with E-state index >= 15 is 0 Å². The summed E-state index contributed by atoms with van der Waals surface area (Å²) in [5.74, 6) is 0. The molecule has 2 aromatic heterocycles. The van der Waals surface area contributed by atoms with Crippen LogP contribution in [0.5, 0.6) is 0 Å². The van der Waals surface area contributed by atoms with E-state index in [1.165, 1.54) is 13.1 Å². The fourth-order valence-corrected chi connectivity index (χ4v) is 2.89. The minimum atomic E-state index is -3.80. The second kappa shape index (κ2) is 7.21. The summed E-state index contributed by atoms with van der Waals surface area (Å²) in [5, 5.41) is 0.0252. The van der Waals surface area contributed by atoms with Crippen LogP contribution in [0.2, 0.25) is 0 Å². The van der Waals surface area contributed by atoms with E-state index in [-0.39, 0.29) is 40.9 Å². The molecule has 1 unspecified atom stereocenters. The van der Waals surface area contributed by atoms with Gasteiger partial charge in [-0.2, -0.15) is 0 Å². The molecule has 0 radical (unpaired) electrons. The van der Waals surface area contributed by atoms with Crippen LogP contribution in [0.25, 0.3) is 11.0 Å². The SMILES string of the molecule is CC(N)CCNS(=O)(=O)c1cnc2c(c1)c(=O)[nH]c(=O)n2C.Cl. The van der Waals surface area contributed by atoms with Crippen LogP contribution >= 0.6 is 12.4 Å². The van der Waals surface area contributed by atoms with E-state index in [0.717, 1.165) is 10.8 Å². The summed E-state index contributed by atoms with van der Waals surface area (Å²) in [4.78, 5) is 29.1. The molecule has 0 aromatic carbocycles. The highest BCUT2D eigenvalue weighted by Crippen LogP contribution is 2.12. The van der Waals surface area contributed by atoms with E-state index in [4.69, 9.17) is 5.73 Å². The number of H-pyrrole nitrogens is 1. The van der Waals surface area contributed by atoms with E-state index in [2.05, 4.69) is 14.7 Å². The number of nitrogens with zero attached hydrogens (tertiary/aromatic N) is 2. The summed E-state index contributed by atoms with van der Waals surface area (Å²) in [5.41, 5.74) is 4.38. The highest BCUT2D eigenvalue weighted by Gasteiger charge is 2.17. The molecule has 23 heavy (non-hydrogen) atoms. The number of fused-ring (bicyclic) bond motifs is 1. The Labute approximate surface area is 138 Å². The van der Waals surface area contributed by atoms with Gasteiger partial charge < -0.3 is 5.73 Å². The normalized spacial score (nSPS) is 12.8. The molecule has 0 aliphatic heterocycles. The molecule has 0 amide bonds. The van der Waals surface area contributed by atoms with Gasteiger partial charge in [-0.15, -0.1) is 12.4 Å². The molecule has 2 heterocycles. The molecule has 0 aliphatic carbocycles. The maximum Gasteiger partial charge on any atom is 0.329 e. The van der Waals surface area contributed by atoms with Gasteiger partial charge >= 0.3 is 5.69 Å². The fraction of sp³-hybridized carbons (Fsp3) is 0.417. The topological polar surface area (TPSA) is 140 Å². The number of aryl methyl sites for hydroxylation is 1. The first-order valence-electron chi connectivity index (χ1n) is 6.56. The molecule has 4 N–H and O–H groups in total. The first-order chi connectivity index (χ1) is 10.2. The number of halogens is 1. The summed E-state index contributed by atoms with van der Waals surface area (Å²) in [6.07, 6.45) is 1.59.